The SMILES string of the molecule is CC(C)n1nnnc1CN1CCCC(Cc2nccn2C)C1. The molecule has 7 nitrogen and oxygen atoms in total. The largest absolute Gasteiger partial charge is 0.338 e. The van der Waals surface area contributed by atoms with Gasteiger partial charge in [-0.1, -0.05) is 0 Å². The number of nitrogens with zero attached hydrogens (tertiary/aromatic N) is 7. The smallest absolute Gasteiger partial charge is 0.165 e. The van der Waals surface area contributed by atoms with E-state index in [1.807, 2.05) is 17.1 Å². The van der Waals surface area contributed by atoms with Crippen LogP contribution in [-0.2, 0) is 20.0 Å². The molecule has 1 aliphatic rings. The predicted octanol–water partition coefficient (Wildman–Crippen LogP) is 1.44. The van der Waals surface area contributed by atoms with Crippen LogP contribution in [-0.4, -0.2) is 47.7 Å². The molecule has 1 aliphatic heterocycles. The van der Waals surface area contributed by atoms with Gasteiger partial charge in [0.25, 0.3) is 0 Å². The summed E-state index contributed by atoms with van der Waals surface area (Å²) in [7, 11) is 2.07. The molecule has 3 rings (SSSR count). The molecular formula is C15H25N7. The fourth-order valence-electron chi connectivity index (χ4n) is 3.23. The van der Waals surface area contributed by atoms with E-state index in [0.29, 0.717) is 12.0 Å². The van der Waals surface area contributed by atoms with E-state index in [0.717, 1.165) is 31.9 Å². The molecule has 0 spiro atoms. The lowest BCUT2D eigenvalue weighted by molar-refractivity contribution is 0.158. The molecule has 0 bridgehead atoms. The van der Waals surface area contributed by atoms with E-state index in [4.69, 9.17) is 0 Å². The van der Waals surface area contributed by atoms with E-state index in [1.165, 1.54) is 18.7 Å². The third-order valence-corrected chi connectivity index (χ3v) is 4.41. The van der Waals surface area contributed by atoms with Crippen molar-refractivity contribution in [3.8, 4) is 0 Å². The molecule has 0 N–H and O–H groups in total. The van der Waals surface area contributed by atoms with Gasteiger partial charge >= 0.3 is 0 Å². The van der Waals surface area contributed by atoms with Crippen LogP contribution in [0.5, 0.6) is 0 Å². The number of hydrogen-bond acceptors (Lipinski definition) is 5. The van der Waals surface area contributed by atoms with Crippen LogP contribution >= 0.6 is 0 Å². The summed E-state index contributed by atoms with van der Waals surface area (Å²) in [6.45, 7) is 7.28. The van der Waals surface area contributed by atoms with E-state index in [1.54, 1.807) is 0 Å². The summed E-state index contributed by atoms with van der Waals surface area (Å²) in [4.78, 5) is 6.93. The third-order valence-electron chi connectivity index (χ3n) is 4.41. The Morgan fingerprint density at radius 3 is 2.91 bits per heavy atom. The molecule has 7 heteroatoms. The Kier molecular flexibility index (Phi) is 4.52. The van der Waals surface area contributed by atoms with Crippen molar-refractivity contribution < 1.29 is 0 Å². The zero-order valence-electron chi connectivity index (χ0n) is 13.7. The molecule has 2 aromatic rings. The van der Waals surface area contributed by atoms with E-state index in [9.17, 15) is 0 Å². The van der Waals surface area contributed by atoms with E-state index < -0.39 is 0 Å². The summed E-state index contributed by atoms with van der Waals surface area (Å²) in [5.41, 5.74) is 0. The topological polar surface area (TPSA) is 64.7 Å². The summed E-state index contributed by atoms with van der Waals surface area (Å²) >= 11 is 0. The summed E-state index contributed by atoms with van der Waals surface area (Å²) in [6.07, 6.45) is 7.46. The Hall–Kier alpha value is -1.76. The van der Waals surface area contributed by atoms with E-state index in [2.05, 4.69) is 50.9 Å². The van der Waals surface area contributed by atoms with Crippen molar-refractivity contribution in [1.29, 1.82) is 0 Å². The molecule has 1 atom stereocenters. The monoisotopic (exact) mass is 303 g/mol. The van der Waals surface area contributed by atoms with Gasteiger partial charge in [-0.25, -0.2) is 9.67 Å². The Morgan fingerprint density at radius 2 is 2.18 bits per heavy atom. The zero-order valence-corrected chi connectivity index (χ0v) is 13.7. The Balaban J connectivity index is 1.61. The number of piperidine rings is 1. The van der Waals surface area contributed by atoms with Gasteiger partial charge < -0.3 is 4.57 Å². The van der Waals surface area contributed by atoms with Crippen LogP contribution in [0.3, 0.4) is 0 Å². The van der Waals surface area contributed by atoms with Crippen LogP contribution in [0.4, 0.5) is 0 Å². The molecule has 120 valence electrons. The van der Waals surface area contributed by atoms with Crippen molar-refractivity contribution in [1.82, 2.24) is 34.7 Å². The van der Waals surface area contributed by atoms with Crippen LogP contribution in [0.2, 0.25) is 0 Å². The van der Waals surface area contributed by atoms with Crippen LogP contribution < -0.4 is 0 Å². The molecular weight excluding hydrogens is 278 g/mol. The standard InChI is InChI=1S/C15H25N7/c1-12(2)22-15(17-18-19-22)11-21-7-4-5-13(10-21)9-14-16-6-8-20(14)3/h6,8,12-13H,4-5,7,9-11H2,1-3H3. The predicted molar refractivity (Wildman–Crippen MR) is 83.1 cm³/mol. The van der Waals surface area contributed by atoms with Gasteiger partial charge in [0.15, 0.2) is 5.82 Å². The molecule has 0 aromatic carbocycles. The number of hydrogen-bond donors (Lipinski definition) is 0. The number of aromatic nitrogens is 6. The maximum absolute atomic E-state index is 4.46. The van der Waals surface area contributed by atoms with Gasteiger partial charge in [0, 0.05) is 32.4 Å². The minimum absolute atomic E-state index is 0.304. The fourth-order valence-corrected chi connectivity index (χ4v) is 3.23. The van der Waals surface area contributed by atoms with Gasteiger partial charge in [-0.2, -0.15) is 0 Å². The second-order valence-corrected chi connectivity index (χ2v) is 6.54. The highest BCUT2D eigenvalue weighted by Crippen LogP contribution is 2.21. The Labute approximate surface area is 131 Å². The molecule has 3 heterocycles. The Morgan fingerprint density at radius 1 is 1.32 bits per heavy atom. The summed E-state index contributed by atoms with van der Waals surface area (Å²) in [6, 6.07) is 0.304. The van der Waals surface area contributed by atoms with Crippen LogP contribution in [0.15, 0.2) is 12.4 Å². The summed E-state index contributed by atoms with van der Waals surface area (Å²) in [5.74, 6) is 2.81. The number of likely N-dealkylation sites (tertiary alicyclic amines) is 1. The highest BCUT2D eigenvalue weighted by Gasteiger charge is 2.23. The maximum atomic E-state index is 4.46. The first-order valence-corrected chi connectivity index (χ1v) is 8.08. The lowest BCUT2D eigenvalue weighted by atomic mass is 9.94. The molecule has 1 unspecified atom stereocenters. The highest BCUT2D eigenvalue weighted by atomic mass is 15.6. The van der Waals surface area contributed by atoms with Crippen molar-refractivity contribution in [3.63, 3.8) is 0 Å². The second kappa shape index (κ2) is 6.56. The average molecular weight is 303 g/mol. The molecule has 2 aromatic heterocycles. The summed E-state index contributed by atoms with van der Waals surface area (Å²) < 4.78 is 4.04. The first kappa shape index (κ1) is 15.1. The molecule has 1 fully saturated rings. The number of rotatable bonds is 5. The van der Waals surface area contributed by atoms with Gasteiger partial charge in [0.2, 0.25) is 0 Å². The maximum Gasteiger partial charge on any atom is 0.165 e. The third kappa shape index (κ3) is 3.35. The normalized spacial score (nSPS) is 19.9. The quantitative estimate of drug-likeness (QED) is 0.836. The molecule has 1 saturated heterocycles. The second-order valence-electron chi connectivity index (χ2n) is 6.54. The van der Waals surface area contributed by atoms with E-state index in [-0.39, 0.29) is 0 Å². The minimum Gasteiger partial charge on any atom is -0.338 e. The molecule has 22 heavy (non-hydrogen) atoms. The molecule has 0 radical (unpaired) electrons. The molecule has 0 saturated carbocycles. The Bertz CT molecular complexity index is 601. The van der Waals surface area contributed by atoms with Crippen molar-refractivity contribution >= 4 is 0 Å². The lowest BCUT2D eigenvalue weighted by Gasteiger charge is -2.32. The molecule has 0 aliphatic carbocycles. The van der Waals surface area contributed by atoms with Crippen LogP contribution in [0, 0.1) is 5.92 Å². The number of tetrazole rings is 1. The fraction of sp³-hybridized carbons (Fsp3) is 0.733. The van der Waals surface area contributed by atoms with Crippen molar-refractivity contribution in [2.24, 2.45) is 13.0 Å². The van der Waals surface area contributed by atoms with Gasteiger partial charge in [-0.3, -0.25) is 4.90 Å². The van der Waals surface area contributed by atoms with Gasteiger partial charge in [0.1, 0.15) is 5.82 Å². The number of aryl methyl sites for hydroxylation is 1. The van der Waals surface area contributed by atoms with Gasteiger partial charge in [0.05, 0.1) is 12.6 Å². The average Bonchev–Trinajstić information content (AvgIpc) is 3.09. The zero-order chi connectivity index (χ0) is 15.5. The first-order chi connectivity index (χ1) is 10.6. The summed E-state index contributed by atoms with van der Waals surface area (Å²) in [5, 5.41) is 12.1. The van der Waals surface area contributed by atoms with Crippen LogP contribution in [0.25, 0.3) is 0 Å². The lowest BCUT2D eigenvalue weighted by Crippen LogP contribution is -2.37. The van der Waals surface area contributed by atoms with Crippen molar-refractivity contribution in [2.75, 3.05) is 13.1 Å². The van der Waals surface area contributed by atoms with Crippen molar-refractivity contribution in [2.45, 2.75) is 45.7 Å². The van der Waals surface area contributed by atoms with E-state index >= 15 is 0 Å². The van der Waals surface area contributed by atoms with Crippen molar-refractivity contribution in [3.05, 3.63) is 24.0 Å². The highest BCUT2D eigenvalue weighted by molar-refractivity contribution is 4.94. The van der Waals surface area contributed by atoms with Gasteiger partial charge in [-0.05, 0) is 49.6 Å². The van der Waals surface area contributed by atoms with Crippen LogP contribution in [0.1, 0.15) is 44.4 Å². The molecule has 0 amide bonds. The first-order valence-electron chi connectivity index (χ1n) is 8.08. The minimum atomic E-state index is 0.304. The number of imidazole rings is 1. The van der Waals surface area contributed by atoms with Gasteiger partial charge in [-0.15, -0.1) is 5.10 Å².